The number of anilines is 1. The van der Waals surface area contributed by atoms with Gasteiger partial charge in [-0.3, -0.25) is 9.59 Å². The third-order valence-electron chi connectivity index (χ3n) is 5.55. The van der Waals surface area contributed by atoms with Crippen LogP contribution in [0.25, 0.3) is 10.9 Å². The molecule has 1 amide bonds. The smallest absolute Gasteiger partial charge is 0.258 e. The number of hydrogen-bond donors (Lipinski definition) is 1. The quantitative estimate of drug-likeness (QED) is 0.651. The zero-order chi connectivity index (χ0) is 23.0. The van der Waals surface area contributed by atoms with Crippen LogP contribution in [-0.2, 0) is 14.8 Å². The van der Waals surface area contributed by atoms with Crippen molar-refractivity contribution >= 4 is 32.5 Å². The molecule has 1 fully saturated rings. The van der Waals surface area contributed by atoms with Gasteiger partial charge in [0.15, 0.2) is 0 Å². The Labute approximate surface area is 186 Å². The summed E-state index contributed by atoms with van der Waals surface area (Å²) >= 11 is 0. The van der Waals surface area contributed by atoms with Gasteiger partial charge in [0, 0.05) is 42.8 Å². The maximum atomic E-state index is 13.4. The van der Waals surface area contributed by atoms with E-state index in [1.165, 1.54) is 33.5 Å². The van der Waals surface area contributed by atoms with E-state index < -0.39 is 21.5 Å². The Kier molecular flexibility index (Phi) is 5.89. The summed E-state index contributed by atoms with van der Waals surface area (Å²) in [6, 6.07) is 11.4. The number of amides is 1. The minimum Gasteiger partial charge on any atom is -0.379 e. The van der Waals surface area contributed by atoms with Crippen LogP contribution in [0.4, 0.5) is 5.69 Å². The highest BCUT2D eigenvalue weighted by molar-refractivity contribution is 7.89. The van der Waals surface area contributed by atoms with E-state index in [4.69, 9.17) is 4.74 Å². The molecule has 9 heteroatoms. The molecule has 4 rings (SSSR count). The first kappa shape index (κ1) is 22.2. The average molecular weight is 456 g/mol. The Balaban J connectivity index is 1.81. The number of nitrogens with zero attached hydrogens (tertiary/aromatic N) is 2. The molecule has 0 spiro atoms. The van der Waals surface area contributed by atoms with Crippen LogP contribution < -0.4 is 10.5 Å². The number of pyridine rings is 1. The Morgan fingerprint density at radius 3 is 2.34 bits per heavy atom. The molecule has 0 bridgehead atoms. The first-order valence-electron chi connectivity index (χ1n) is 10.3. The first-order valence-corrected chi connectivity index (χ1v) is 11.7. The number of rotatable bonds is 4. The van der Waals surface area contributed by atoms with E-state index in [-0.39, 0.29) is 23.5 Å². The number of aromatic nitrogens is 1. The molecule has 1 N–H and O–H groups in total. The van der Waals surface area contributed by atoms with Gasteiger partial charge in [-0.2, -0.15) is 4.31 Å². The SMILES string of the molecule is Cc1cc(C)cc(N(C)C(=O)c2cc(=O)[nH]c3ccc(S(=O)(=O)N4CCOCC4)cc23)c1. The van der Waals surface area contributed by atoms with E-state index in [2.05, 4.69) is 4.98 Å². The van der Waals surface area contributed by atoms with Crippen LogP contribution in [0.2, 0.25) is 0 Å². The topological polar surface area (TPSA) is 99.8 Å². The van der Waals surface area contributed by atoms with Gasteiger partial charge in [-0.15, -0.1) is 0 Å². The first-order chi connectivity index (χ1) is 15.2. The van der Waals surface area contributed by atoms with Gasteiger partial charge >= 0.3 is 0 Å². The number of benzene rings is 2. The van der Waals surface area contributed by atoms with Gasteiger partial charge in [0.2, 0.25) is 15.6 Å². The molecule has 1 aliphatic rings. The monoisotopic (exact) mass is 455 g/mol. The van der Waals surface area contributed by atoms with Crippen molar-refractivity contribution < 1.29 is 17.9 Å². The molecule has 2 heterocycles. The number of aromatic amines is 1. The molecule has 1 saturated heterocycles. The van der Waals surface area contributed by atoms with Gasteiger partial charge in [-0.1, -0.05) is 6.07 Å². The average Bonchev–Trinajstić information content (AvgIpc) is 2.77. The van der Waals surface area contributed by atoms with Crippen molar-refractivity contribution in [2.45, 2.75) is 18.7 Å². The second-order valence-corrected chi connectivity index (χ2v) is 9.92. The highest BCUT2D eigenvalue weighted by Gasteiger charge is 2.27. The Bertz CT molecular complexity index is 1340. The fraction of sp³-hybridized carbons (Fsp3) is 0.304. The number of morpholine rings is 1. The van der Waals surface area contributed by atoms with E-state index in [1.54, 1.807) is 7.05 Å². The van der Waals surface area contributed by atoms with Crippen LogP contribution >= 0.6 is 0 Å². The lowest BCUT2D eigenvalue weighted by atomic mass is 10.1. The summed E-state index contributed by atoms with van der Waals surface area (Å²) in [6.45, 7) is 5.11. The maximum absolute atomic E-state index is 13.4. The molecule has 0 aliphatic carbocycles. The molecule has 0 unspecified atom stereocenters. The number of carbonyl (C=O) groups excluding carboxylic acids is 1. The number of hydrogen-bond acceptors (Lipinski definition) is 5. The molecule has 2 aromatic carbocycles. The van der Waals surface area contributed by atoms with Crippen LogP contribution in [0.5, 0.6) is 0 Å². The predicted molar refractivity (Wildman–Crippen MR) is 123 cm³/mol. The predicted octanol–water partition coefficient (Wildman–Crippen LogP) is 2.44. The fourth-order valence-electron chi connectivity index (χ4n) is 3.95. The van der Waals surface area contributed by atoms with E-state index in [0.29, 0.717) is 29.8 Å². The van der Waals surface area contributed by atoms with Crippen molar-refractivity contribution in [3.8, 4) is 0 Å². The standard InChI is InChI=1S/C23H25N3O5S/c1-15-10-16(2)12-17(11-15)25(3)23(28)20-14-22(27)24-21-5-4-18(13-19(20)21)32(29,30)26-6-8-31-9-7-26/h4-5,10-14H,6-9H2,1-3H3,(H,24,27). The largest absolute Gasteiger partial charge is 0.379 e. The number of carbonyl (C=O) groups is 1. The summed E-state index contributed by atoms with van der Waals surface area (Å²) in [5.74, 6) is -0.396. The van der Waals surface area contributed by atoms with Crippen molar-refractivity contribution in [1.29, 1.82) is 0 Å². The van der Waals surface area contributed by atoms with Crippen molar-refractivity contribution in [1.82, 2.24) is 9.29 Å². The third-order valence-corrected chi connectivity index (χ3v) is 7.45. The van der Waals surface area contributed by atoms with Crippen LogP contribution in [-0.4, -0.2) is 57.0 Å². The van der Waals surface area contributed by atoms with E-state index in [9.17, 15) is 18.0 Å². The lowest BCUT2D eigenvalue weighted by Crippen LogP contribution is -2.40. The highest BCUT2D eigenvalue weighted by atomic mass is 32.2. The Hall–Kier alpha value is -3.01. The number of fused-ring (bicyclic) bond motifs is 1. The molecule has 8 nitrogen and oxygen atoms in total. The summed E-state index contributed by atoms with van der Waals surface area (Å²) < 4.78 is 32.8. The van der Waals surface area contributed by atoms with Crippen molar-refractivity contribution in [3.63, 3.8) is 0 Å². The molecule has 3 aromatic rings. The van der Waals surface area contributed by atoms with Gasteiger partial charge in [-0.25, -0.2) is 8.42 Å². The molecule has 0 atom stereocenters. The summed E-state index contributed by atoms with van der Waals surface area (Å²) in [5.41, 5.74) is 2.82. The van der Waals surface area contributed by atoms with Crippen LogP contribution in [0.3, 0.4) is 0 Å². The van der Waals surface area contributed by atoms with Crippen molar-refractivity contribution in [3.05, 3.63) is 69.5 Å². The number of aryl methyl sites for hydroxylation is 2. The van der Waals surface area contributed by atoms with Gasteiger partial charge < -0.3 is 14.6 Å². The number of H-pyrrole nitrogens is 1. The van der Waals surface area contributed by atoms with E-state index in [1.807, 2.05) is 32.0 Å². The summed E-state index contributed by atoms with van der Waals surface area (Å²) in [6.07, 6.45) is 0. The van der Waals surface area contributed by atoms with E-state index >= 15 is 0 Å². The zero-order valence-corrected chi connectivity index (χ0v) is 19.0. The molecule has 168 valence electrons. The second kappa shape index (κ2) is 8.50. The Morgan fingerprint density at radius 2 is 1.69 bits per heavy atom. The summed E-state index contributed by atoms with van der Waals surface area (Å²) in [5, 5.41) is 0.375. The molecule has 32 heavy (non-hydrogen) atoms. The third kappa shape index (κ3) is 4.19. The fourth-order valence-corrected chi connectivity index (χ4v) is 5.38. The van der Waals surface area contributed by atoms with Crippen LogP contribution in [0.1, 0.15) is 21.5 Å². The number of sulfonamides is 1. The van der Waals surface area contributed by atoms with E-state index in [0.717, 1.165) is 11.1 Å². The maximum Gasteiger partial charge on any atom is 0.258 e. The zero-order valence-electron chi connectivity index (χ0n) is 18.2. The van der Waals surface area contributed by atoms with Crippen molar-refractivity contribution in [2.75, 3.05) is 38.3 Å². The Morgan fingerprint density at radius 1 is 1.03 bits per heavy atom. The molecule has 1 aromatic heterocycles. The van der Waals surface area contributed by atoms with Gasteiger partial charge in [0.1, 0.15) is 0 Å². The molecular formula is C23H25N3O5S. The van der Waals surface area contributed by atoms with Gasteiger partial charge in [0.05, 0.1) is 23.7 Å². The minimum atomic E-state index is -3.75. The molecular weight excluding hydrogens is 430 g/mol. The summed E-state index contributed by atoms with van der Waals surface area (Å²) in [4.78, 5) is 29.9. The molecule has 1 aliphatic heterocycles. The van der Waals surface area contributed by atoms with Crippen molar-refractivity contribution in [2.24, 2.45) is 0 Å². The van der Waals surface area contributed by atoms with Gasteiger partial charge in [0.25, 0.3) is 5.91 Å². The normalized spacial score (nSPS) is 15.1. The minimum absolute atomic E-state index is 0.0713. The second-order valence-electron chi connectivity index (χ2n) is 7.98. The molecule has 0 saturated carbocycles. The number of ether oxygens (including phenoxy) is 1. The van der Waals surface area contributed by atoms with Crippen LogP contribution in [0, 0.1) is 13.8 Å². The lowest BCUT2D eigenvalue weighted by Gasteiger charge is -2.26. The highest BCUT2D eigenvalue weighted by Crippen LogP contribution is 2.26. The van der Waals surface area contributed by atoms with Gasteiger partial charge in [-0.05, 0) is 55.3 Å². The summed E-state index contributed by atoms with van der Waals surface area (Å²) in [7, 11) is -2.12. The van der Waals surface area contributed by atoms with Crippen LogP contribution in [0.15, 0.2) is 52.2 Å². The number of nitrogens with one attached hydrogen (secondary N) is 1. The molecule has 0 radical (unpaired) electrons. The lowest BCUT2D eigenvalue weighted by molar-refractivity contribution is 0.0730.